The Kier molecular flexibility index (Phi) is 3.58. The number of H-pyrrole nitrogens is 1. The minimum atomic E-state index is -0.300. The summed E-state index contributed by atoms with van der Waals surface area (Å²) in [5.74, 6) is 0.0224. The second-order valence-corrected chi connectivity index (χ2v) is 4.96. The molecule has 0 aliphatic heterocycles. The fourth-order valence-electron chi connectivity index (χ4n) is 1.35. The highest BCUT2D eigenvalue weighted by molar-refractivity contribution is 9.10. The molecule has 1 aromatic heterocycles. The Hall–Kier alpha value is -1.53. The smallest absolute Gasteiger partial charge is 0.256 e. The van der Waals surface area contributed by atoms with Crippen molar-refractivity contribution in [2.75, 3.05) is 11.1 Å². The Bertz CT molecular complexity index is 611. The fourth-order valence-corrected chi connectivity index (χ4v) is 1.85. The monoisotopic (exact) mass is 328 g/mol. The molecule has 7 heteroatoms. The summed E-state index contributed by atoms with van der Waals surface area (Å²) in [6.45, 7) is 1.77. The summed E-state index contributed by atoms with van der Waals surface area (Å²) in [7, 11) is 0. The van der Waals surface area contributed by atoms with Crippen molar-refractivity contribution in [3.05, 3.63) is 39.0 Å². The quantitative estimate of drug-likeness (QED) is 0.792. The second kappa shape index (κ2) is 4.99. The summed E-state index contributed by atoms with van der Waals surface area (Å²) in [5.41, 5.74) is 7.35. The Labute approximate surface area is 117 Å². The average molecular weight is 330 g/mol. The van der Waals surface area contributed by atoms with Crippen molar-refractivity contribution >= 4 is 44.9 Å². The molecule has 0 spiro atoms. The predicted molar refractivity (Wildman–Crippen MR) is 74.8 cm³/mol. The Balaban J connectivity index is 2.22. The first-order valence-corrected chi connectivity index (χ1v) is 6.23. The predicted octanol–water partition coefficient (Wildman–Crippen LogP) is 2.97. The van der Waals surface area contributed by atoms with E-state index in [0.29, 0.717) is 32.3 Å². The van der Waals surface area contributed by atoms with Crippen molar-refractivity contribution in [3.8, 4) is 0 Å². The van der Waals surface area contributed by atoms with Gasteiger partial charge in [-0.2, -0.15) is 5.10 Å². The van der Waals surface area contributed by atoms with E-state index >= 15 is 0 Å². The number of hydrogen-bond acceptors (Lipinski definition) is 3. The first-order valence-electron chi connectivity index (χ1n) is 5.06. The molecule has 0 saturated carbocycles. The van der Waals surface area contributed by atoms with E-state index in [1.165, 1.54) is 0 Å². The summed E-state index contributed by atoms with van der Waals surface area (Å²) in [5, 5.41) is 9.76. The SMILES string of the molecule is Cc1[nH]nc(NC(=O)c2ccc(Cl)c(Br)c2)c1N. The number of benzene rings is 1. The number of halogens is 2. The highest BCUT2D eigenvalue weighted by atomic mass is 79.9. The highest BCUT2D eigenvalue weighted by Crippen LogP contribution is 2.24. The molecule has 94 valence electrons. The van der Waals surface area contributed by atoms with Crippen molar-refractivity contribution in [2.45, 2.75) is 6.92 Å². The van der Waals surface area contributed by atoms with Gasteiger partial charge in [-0.25, -0.2) is 0 Å². The number of carbonyl (C=O) groups excluding carboxylic acids is 1. The van der Waals surface area contributed by atoms with Gasteiger partial charge in [-0.1, -0.05) is 11.6 Å². The van der Waals surface area contributed by atoms with Gasteiger partial charge in [0.25, 0.3) is 5.91 Å². The molecule has 0 atom stereocenters. The maximum Gasteiger partial charge on any atom is 0.256 e. The first-order chi connectivity index (χ1) is 8.49. The number of hydrogen-bond donors (Lipinski definition) is 3. The van der Waals surface area contributed by atoms with E-state index in [2.05, 4.69) is 31.4 Å². The third kappa shape index (κ3) is 2.49. The molecule has 0 fully saturated rings. The Morgan fingerprint density at radius 2 is 2.28 bits per heavy atom. The van der Waals surface area contributed by atoms with Crippen molar-refractivity contribution < 1.29 is 4.79 Å². The molecular formula is C11H10BrClN4O. The van der Waals surface area contributed by atoms with Gasteiger partial charge in [-0.3, -0.25) is 9.89 Å². The first kappa shape index (κ1) is 12.9. The van der Waals surface area contributed by atoms with Crippen LogP contribution in [0.3, 0.4) is 0 Å². The molecule has 0 unspecified atom stereocenters. The zero-order valence-electron chi connectivity index (χ0n) is 9.42. The zero-order valence-corrected chi connectivity index (χ0v) is 11.8. The van der Waals surface area contributed by atoms with Crippen LogP contribution in [0.5, 0.6) is 0 Å². The molecule has 0 saturated heterocycles. The number of nitrogen functional groups attached to an aromatic ring is 1. The van der Waals surface area contributed by atoms with E-state index in [4.69, 9.17) is 17.3 Å². The van der Waals surface area contributed by atoms with Crippen LogP contribution in [0.4, 0.5) is 11.5 Å². The molecule has 0 radical (unpaired) electrons. The van der Waals surface area contributed by atoms with E-state index in [0.717, 1.165) is 0 Å². The Morgan fingerprint density at radius 3 is 2.83 bits per heavy atom. The maximum atomic E-state index is 12.0. The van der Waals surface area contributed by atoms with Crippen molar-refractivity contribution in [3.63, 3.8) is 0 Å². The largest absolute Gasteiger partial charge is 0.394 e. The molecule has 5 nitrogen and oxygen atoms in total. The van der Waals surface area contributed by atoms with E-state index < -0.39 is 0 Å². The molecule has 18 heavy (non-hydrogen) atoms. The number of aryl methyl sites for hydroxylation is 1. The van der Waals surface area contributed by atoms with Gasteiger partial charge in [0.1, 0.15) is 0 Å². The highest BCUT2D eigenvalue weighted by Gasteiger charge is 2.12. The summed E-state index contributed by atoms with van der Waals surface area (Å²) >= 11 is 9.12. The number of aromatic amines is 1. The zero-order chi connectivity index (χ0) is 13.3. The van der Waals surface area contributed by atoms with Crippen LogP contribution in [0.15, 0.2) is 22.7 Å². The molecule has 4 N–H and O–H groups in total. The maximum absolute atomic E-state index is 12.0. The number of anilines is 2. The normalized spacial score (nSPS) is 10.4. The standard InChI is InChI=1S/C11H10BrClN4O/c1-5-9(14)10(17-16-5)15-11(18)6-2-3-8(13)7(12)4-6/h2-4H,14H2,1H3,(H2,15,16,17,18). The second-order valence-electron chi connectivity index (χ2n) is 3.69. The van der Waals surface area contributed by atoms with Crippen LogP contribution in [0.1, 0.15) is 16.1 Å². The Morgan fingerprint density at radius 1 is 1.56 bits per heavy atom. The van der Waals surface area contributed by atoms with E-state index in [9.17, 15) is 4.79 Å². The summed E-state index contributed by atoms with van der Waals surface area (Å²) in [6, 6.07) is 4.89. The molecule has 0 aliphatic rings. The van der Waals surface area contributed by atoms with Crippen molar-refractivity contribution in [2.24, 2.45) is 0 Å². The number of nitrogens with one attached hydrogen (secondary N) is 2. The number of nitrogens with zero attached hydrogens (tertiary/aromatic N) is 1. The van der Waals surface area contributed by atoms with Gasteiger partial charge < -0.3 is 11.1 Å². The number of nitrogens with two attached hydrogens (primary N) is 1. The summed E-state index contributed by atoms with van der Waals surface area (Å²) in [4.78, 5) is 12.0. The van der Waals surface area contributed by atoms with Gasteiger partial charge in [-0.05, 0) is 41.1 Å². The van der Waals surface area contributed by atoms with Gasteiger partial charge in [-0.15, -0.1) is 0 Å². The number of amides is 1. The lowest BCUT2D eigenvalue weighted by Gasteiger charge is -2.04. The molecule has 0 aliphatic carbocycles. The van der Waals surface area contributed by atoms with Gasteiger partial charge in [0.15, 0.2) is 5.82 Å². The van der Waals surface area contributed by atoms with Crippen LogP contribution in [0.25, 0.3) is 0 Å². The summed E-state index contributed by atoms with van der Waals surface area (Å²) in [6.07, 6.45) is 0. The third-order valence-electron chi connectivity index (χ3n) is 2.41. The molecular weight excluding hydrogens is 320 g/mol. The van der Waals surface area contributed by atoms with Crippen molar-refractivity contribution in [1.82, 2.24) is 10.2 Å². The van der Waals surface area contributed by atoms with Crippen LogP contribution >= 0.6 is 27.5 Å². The van der Waals surface area contributed by atoms with Crippen LogP contribution in [-0.2, 0) is 0 Å². The van der Waals surface area contributed by atoms with E-state index in [1.54, 1.807) is 25.1 Å². The molecule has 1 aromatic carbocycles. The van der Waals surface area contributed by atoms with Crippen LogP contribution < -0.4 is 11.1 Å². The lowest BCUT2D eigenvalue weighted by atomic mass is 10.2. The lowest BCUT2D eigenvalue weighted by molar-refractivity contribution is 0.102. The molecule has 0 bridgehead atoms. The fraction of sp³-hybridized carbons (Fsp3) is 0.0909. The number of carbonyl (C=O) groups is 1. The van der Waals surface area contributed by atoms with Crippen LogP contribution in [-0.4, -0.2) is 16.1 Å². The van der Waals surface area contributed by atoms with Gasteiger partial charge in [0.05, 0.1) is 16.4 Å². The lowest BCUT2D eigenvalue weighted by Crippen LogP contribution is -2.13. The average Bonchev–Trinajstić information content (AvgIpc) is 2.64. The third-order valence-corrected chi connectivity index (χ3v) is 3.62. The van der Waals surface area contributed by atoms with Crippen LogP contribution in [0.2, 0.25) is 5.02 Å². The molecule has 2 aromatic rings. The number of rotatable bonds is 2. The van der Waals surface area contributed by atoms with Crippen LogP contribution in [0, 0.1) is 6.92 Å². The van der Waals surface area contributed by atoms with Crippen molar-refractivity contribution in [1.29, 1.82) is 0 Å². The topological polar surface area (TPSA) is 83.8 Å². The van der Waals surface area contributed by atoms with E-state index in [-0.39, 0.29) is 5.91 Å². The molecule has 1 heterocycles. The molecule has 2 rings (SSSR count). The molecule has 1 amide bonds. The van der Waals surface area contributed by atoms with Gasteiger partial charge >= 0.3 is 0 Å². The van der Waals surface area contributed by atoms with Gasteiger partial charge in [0.2, 0.25) is 0 Å². The minimum absolute atomic E-state index is 0.300. The summed E-state index contributed by atoms with van der Waals surface area (Å²) < 4.78 is 0.656. The van der Waals surface area contributed by atoms with E-state index in [1.807, 2.05) is 0 Å². The minimum Gasteiger partial charge on any atom is -0.394 e. The van der Waals surface area contributed by atoms with Gasteiger partial charge in [0, 0.05) is 10.0 Å². The number of aromatic nitrogens is 2.